The number of fused-ring (bicyclic) bond motifs is 10. The third-order valence-electron chi connectivity index (χ3n) is 12.3. The highest BCUT2D eigenvalue weighted by atomic mass is 19.1. The molecule has 0 aliphatic heterocycles. The van der Waals surface area contributed by atoms with Crippen molar-refractivity contribution in [2.45, 2.75) is 39.5 Å². The minimum Gasteiger partial charge on any atom is -0.456 e. The number of hydrogen-bond donors (Lipinski definition) is 0. The topological polar surface area (TPSA) is 32.8 Å². The van der Waals surface area contributed by atoms with Gasteiger partial charge in [0.05, 0.1) is 11.4 Å². The van der Waals surface area contributed by atoms with Gasteiger partial charge in [0.1, 0.15) is 34.0 Å². The van der Waals surface area contributed by atoms with Crippen LogP contribution in [0.15, 0.2) is 179 Å². The fraction of sp³-hybridized carbons (Fsp3) is 0.107. The number of nitrogens with zero attached hydrogens (tertiary/aromatic N) is 2. The van der Waals surface area contributed by atoms with E-state index in [0.717, 1.165) is 99.5 Å². The van der Waals surface area contributed by atoms with Crippen LogP contribution in [0.5, 0.6) is 0 Å². The quantitative estimate of drug-likeness (QED) is 0.153. The SMILES string of the molecule is CC(C)c1ccc(N(c2ccc(F)cc2)c2cc3oc4cc5c(cc4c3c3ccccc23)oc2cc(N(c3ccc(F)cc3)c3ccc(C(C)C)cc3)c3ccccc3c25)cc1. The molecule has 6 heteroatoms. The maximum atomic E-state index is 14.3. The highest BCUT2D eigenvalue weighted by Crippen LogP contribution is 2.48. The summed E-state index contributed by atoms with van der Waals surface area (Å²) in [6, 6.07) is 55.7. The standard InChI is InChI=1S/C56H42F2N2O2/c1-33(2)35-13-21-39(22-14-35)59(41-25-17-37(57)18-26-41)49-31-53-55(45-11-7-5-9-43(45)49)47-29-52-48(30-51(47)61-53)56-46-12-8-6-10-44(46)50(32-54(56)62-52)60(42-27-19-38(58)20-28-42)40-23-15-36(16-24-40)34(3)4/h5-34H,1-4H3. The van der Waals surface area contributed by atoms with Gasteiger partial charge >= 0.3 is 0 Å². The molecule has 0 saturated heterocycles. The Bertz CT molecular complexity index is 3240. The van der Waals surface area contributed by atoms with Crippen LogP contribution in [0.25, 0.3) is 65.4 Å². The summed E-state index contributed by atoms with van der Waals surface area (Å²) in [5.74, 6) is 0.197. The van der Waals surface area contributed by atoms with Crippen molar-refractivity contribution in [3.8, 4) is 0 Å². The summed E-state index contributed by atoms with van der Waals surface area (Å²) in [5, 5.41) is 8.02. The van der Waals surface area contributed by atoms with Crippen LogP contribution in [0.1, 0.15) is 50.7 Å². The number of benzene rings is 9. The molecule has 0 fully saturated rings. The first-order valence-electron chi connectivity index (χ1n) is 21.2. The Hall–Kier alpha value is -7.44. The average molecular weight is 813 g/mol. The van der Waals surface area contributed by atoms with Gasteiger partial charge in [0, 0.05) is 67.2 Å². The van der Waals surface area contributed by atoms with Crippen LogP contribution in [-0.4, -0.2) is 0 Å². The normalized spacial score (nSPS) is 12.0. The van der Waals surface area contributed by atoms with Gasteiger partial charge in [-0.15, -0.1) is 0 Å². The Balaban J connectivity index is 1.13. The van der Waals surface area contributed by atoms with Gasteiger partial charge in [0.25, 0.3) is 0 Å². The molecule has 11 rings (SSSR count). The van der Waals surface area contributed by atoms with Gasteiger partial charge in [-0.05, 0) is 119 Å². The van der Waals surface area contributed by atoms with Gasteiger partial charge in [0.15, 0.2) is 0 Å². The molecule has 0 unspecified atom stereocenters. The Labute approximate surface area is 357 Å². The molecule has 0 aliphatic carbocycles. The van der Waals surface area contributed by atoms with Gasteiger partial charge in [0.2, 0.25) is 0 Å². The molecule has 0 spiro atoms. The third kappa shape index (κ3) is 6.16. The third-order valence-corrected chi connectivity index (χ3v) is 12.3. The van der Waals surface area contributed by atoms with Crippen LogP contribution < -0.4 is 9.80 Å². The molecule has 4 nitrogen and oxygen atoms in total. The first-order valence-corrected chi connectivity index (χ1v) is 21.2. The molecule has 11 aromatic rings. The van der Waals surface area contributed by atoms with Crippen molar-refractivity contribution in [1.29, 1.82) is 0 Å². The monoisotopic (exact) mass is 812 g/mol. The van der Waals surface area contributed by atoms with Gasteiger partial charge in [-0.1, -0.05) is 100 Å². The van der Waals surface area contributed by atoms with E-state index in [-0.39, 0.29) is 11.6 Å². The summed E-state index contributed by atoms with van der Waals surface area (Å²) in [7, 11) is 0. The largest absolute Gasteiger partial charge is 0.456 e. The minimum absolute atomic E-state index is 0.288. The van der Waals surface area contributed by atoms with E-state index < -0.39 is 0 Å². The molecule has 0 amide bonds. The summed E-state index contributed by atoms with van der Waals surface area (Å²) >= 11 is 0. The van der Waals surface area contributed by atoms with Gasteiger partial charge in [-0.25, -0.2) is 8.78 Å². The van der Waals surface area contributed by atoms with Gasteiger partial charge in [-0.2, -0.15) is 0 Å². The van der Waals surface area contributed by atoms with Crippen LogP contribution in [0.2, 0.25) is 0 Å². The van der Waals surface area contributed by atoms with E-state index in [4.69, 9.17) is 8.83 Å². The molecular weight excluding hydrogens is 771 g/mol. The van der Waals surface area contributed by atoms with Crippen molar-refractivity contribution in [3.05, 3.63) is 193 Å². The molecule has 0 atom stereocenters. The van der Waals surface area contributed by atoms with E-state index in [2.05, 4.69) is 159 Å². The second-order valence-electron chi connectivity index (χ2n) is 16.8. The Morgan fingerprint density at radius 3 is 1.02 bits per heavy atom. The molecule has 2 heterocycles. The van der Waals surface area contributed by atoms with Crippen molar-refractivity contribution in [2.24, 2.45) is 0 Å². The lowest BCUT2D eigenvalue weighted by atomic mass is 9.98. The second-order valence-corrected chi connectivity index (χ2v) is 16.8. The summed E-state index contributed by atoms with van der Waals surface area (Å²) in [4.78, 5) is 4.35. The Morgan fingerprint density at radius 1 is 0.355 bits per heavy atom. The lowest BCUT2D eigenvalue weighted by Gasteiger charge is -2.27. The molecular formula is C56H42F2N2O2. The Morgan fingerprint density at radius 2 is 0.677 bits per heavy atom. The molecule has 0 aliphatic rings. The van der Waals surface area contributed by atoms with Crippen LogP contribution in [0, 0.1) is 11.6 Å². The summed E-state index contributed by atoms with van der Waals surface area (Å²) < 4.78 is 42.4. The molecule has 0 bridgehead atoms. The van der Waals surface area contributed by atoms with E-state index in [0.29, 0.717) is 11.8 Å². The van der Waals surface area contributed by atoms with Crippen LogP contribution >= 0.6 is 0 Å². The first kappa shape index (κ1) is 37.6. The second kappa shape index (κ2) is 14.6. The Kier molecular flexibility index (Phi) is 8.86. The van der Waals surface area contributed by atoms with E-state index in [1.54, 1.807) is 0 Å². The number of rotatable bonds is 8. The predicted octanol–water partition coefficient (Wildman–Crippen LogP) is 17.3. The average Bonchev–Trinajstić information content (AvgIpc) is 3.84. The molecule has 0 saturated carbocycles. The van der Waals surface area contributed by atoms with Crippen molar-refractivity contribution >= 4 is 99.5 Å². The zero-order valence-electron chi connectivity index (χ0n) is 34.8. The highest BCUT2D eigenvalue weighted by Gasteiger charge is 2.24. The van der Waals surface area contributed by atoms with Crippen molar-refractivity contribution in [1.82, 2.24) is 0 Å². The smallest absolute Gasteiger partial charge is 0.138 e. The van der Waals surface area contributed by atoms with E-state index in [9.17, 15) is 8.78 Å². The maximum Gasteiger partial charge on any atom is 0.138 e. The van der Waals surface area contributed by atoms with Crippen molar-refractivity contribution < 1.29 is 17.6 Å². The maximum absolute atomic E-state index is 14.3. The lowest BCUT2D eigenvalue weighted by Crippen LogP contribution is -2.10. The fourth-order valence-electron chi connectivity index (χ4n) is 9.16. The number of hydrogen-bond acceptors (Lipinski definition) is 4. The highest BCUT2D eigenvalue weighted by molar-refractivity contribution is 6.27. The van der Waals surface area contributed by atoms with Crippen LogP contribution in [-0.2, 0) is 0 Å². The summed E-state index contributed by atoms with van der Waals surface area (Å²) in [5.41, 5.74) is 10.9. The summed E-state index contributed by atoms with van der Waals surface area (Å²) in [6.07, 6.45) is 0. The van der Waals surface area contributed by atoms with Crippen molar-refractivity contribution in [2.75, 3.05) is 9.80 Å². The lowest BCUT2D eigenvalue weighted by molar-refractivity contribution is 0.627. The van der Waals surface area contributed by atoms with E-state index in [1.165, 1.54) is 35.4 Å². The van der Waals surface area contributed by atoms with Crippen LogP contribution in [0.4, 0.5) is 42.9 Å². The zero-order valence-corrected chi connectivity index (χ0v) is 34.8. The fourth-order valence-corrected chi connectivity index (χ4v) is 9.16. The van der Waals surface area contributed by atoms with Gasteiger partial charge in [-0.3, -0.25) is 0 Å². The van der Waals surface area contributed by atoms with E-state index in [1.807, 2.05) is 24.3 Å². The van der Waals surface area contributed by atoms with E-state index >= 15 is 0 Å². The van der Waals surface area contributed by atoms with Gasteiger partial charge < -0.3 is 18.6 Å². The number of anilines is 6. The predicted molar refractivity (Wildman–Crippen MR) is 253 cm³/mol. The number of furan rings is 2. The van der Waals surface area contributed by atoms with Crippen molar-refractivity contribution in [3.63, 3.8) is 0 Å². The molecule has 9 aromatic carbocycles. The molecule has 0 N–H and O–H groups in total. The molecule has 0 radical (unpaired) electrons. The zero-order chi connectivity index (χ0) is 42.2. The number of halogens is 2. The van der Waals surface area contributed by atoms with Crippen LogP contribution in [0.3, 0.4) is 0 Å². The minimum atomic E-state index is -0.288. The molecule has 302 valence electrons. The first-order chi connectivity index (χ1) is 30.2. The summed E-state index contributed by atoms with van der Waals surface area (Å²) in [6.45, 7) is 8.75. The molecule has 2 aromatic heterocycles. The molecule has 62 heavy (non-hydrogen) atoms.